The van der Waals surface area contributed by atoms with Gasteiger partial charge in [-0.05, 0) is 43.7 Å². The van der Waals surface area contributed by atoms with Crippen LogP contribution in [-0.2, 0) is 16.0 Å². The number of nitrogens with zero attached hydrogens (tertiary/aromatic N) is 3. The first-order chi connectivity index (χ1) is 15.7. The molecule has 0 radical (unpaired) electrons. The third-order valence-electron chi connectivity index (χ3n) is 6.81. The lowest BCUT2D eigenvalue weighted by Gasteiger charge is -2.18. The summed E-state index contributed by atoms with van der Waals surface area (Å²) in [6.07, 6.45) is 6.91. The first-order valence-electron chi connectivity index (χ1n) is 11.6. The SMILES string of the molecule is CCNC(=NCCCc1nc2ccccc2[nH]1)NCCN1C(=O)C2C3C=CC(C3)C2C1=O.I. The van der Waals surface area contributed by atoms with Crippen LogP contribution in [-0.4, -0.2) is 58.8 Å². The number of H-pyrrole nitrogens is 1. The van der Waals surface area contributed by atoms with Gasteiger partial charge in [-0.1, -0.05) is 24.3 Å². The number of amides is 2. The molecule has 176 valence electrons. The van der Waals surface area contributed by atoms with E-state index in [0.717, 1.165) is 42.7 Å². The van der Waals surface area contributed by atoms with Crippen LogP contribution in [0.3, 0.4) is 0 Å². The smallest absolute Gasteiger partial charge is 0.233 e. The van der Waals surface area contributed by atoms with E-state index in [2.05, 4.69) is 37.7 Å². The van der Waals surface area contributed by atoms with E-state index in [1.807, 2.05) is 31.2 Å². The average Bonchev–Trinajstić information content (AvgIpc) is 3.55. The predicted octanol–water partition coefficient (Wildman–Crippen LogP) is 2.48. The van der Waals surface area contributed by atoms with Crippen molar-refractivity contribution < 1.29 is 9.59 Å². The van der Waals surface area contributed by atoms with Crippen LogP contribution in [0.4, 0.5) is 0 Å². The molecule has 1 saturated heterocycles. The zero-order chi connectivity index (χ0) is 22.1. The van der Waals surface area contributed by atoms with Gasteiger partial charge in [-0.3, -0.25) is 19.5 Å². The zero-order valence-corrected chi connectivity index (χ0v) is 21.1. The average molecular weight is 562 g/mol. The number of rotatable bonds is 8. The summed E-state index contributed by atoms with van der Waals surface area (Å²) in [5.74, 6) is 1.95. The Morgan fingerprint density at radius 1 is 1.15 bits per heavy atom. The number of imidazole rings is 1. The minimum Gasteiger partial charge on any atom is -0.357 e. The summed E-state index contributed by atoms with van der Waals surface area (Å²) in [5.41, 5.74) is 2.04. The van der Waals surface area contributed by atoms with Gasteiger partial charge in [0.2, 0.25) is 11.8 Å². The van der Waals surface area contributed by atoms with Gasteiger partial charge < -0.3 is 15.6 Å². The van der Waals surface area contributed by atoms with Crippen molar-refractivity contribution in [3.05, 3.63) is 42.2 Å². The molecule has 33 heavy (non-hydrogen) atoms. The Hall–Kier alpha value is -2.43. The van der Waals surface area contributed by atoms with Gasteiger partial charge in [-0.15, -0.1) is 24.0 Å². The van der Waals surface area contributed by atoms with E-state index in [-0.39, 0.29) is 59.5 Å². The second-order valence-electron chi connectivity index (χ2n) is 8.82. The number of likely N-dealkylation sites (tertiary alicyclic amines) is 1. The van der Waals surface area contributed by atoms with E-state index in [9.17, 15) is 9.59 Å². The number of aliphatic imine (C=N–C) groups is 1. The summed E-state index contributed by atoms with van der Waals surface area (Å²) in [4.78, 5) is 39.6. The maximum Gasteiger partial charge on any atom is 0.233 e. The monoisotopic (exact) mass is 562 g/mol. The summed E-state index contributed by atoms with van der Waals surface area (Å²) in [6, 6.07) is 8.02. The van der Waals surface area contributed by atoms with E-state index in [1.54, 1.807) is 0 Å². The highest BCUT2D eigenvalue weighted by Gasteiger charge is 2.58. The fourth-order valence-electron chi connectivity index (χ4n) is 5.37. The molecule has 9 heteroatoms. The van der Waals surface area contributed by atoms with Gasteiger partial charge in [0.25, 0.3) is 0 Å². The van der Waals surface area contributed by atoms with Crippen LogP contribution >= 0.6 is 24.0 Å². The van der Waals surface area contributed by atoms with Gasteiger partial charge >= 0.3 is 0 Å². The van der Waals surface area contributed by atoms with Gasteiger partial charge in [0.15, 0.2) is 5.96 Å². The first kappa shape index (κ1) is 23.7. The number of halogens is 1. The molecular formula is C24H31IN6O2. The Morgan fingerprint density at radius 2 is 1.88 bits per heavy atom. The van der Waals surface area contributed by atoms with Crippen LogP contribution in [0.25, 0.3) is 11.0 Å². The Balaban J connectivity index is 0.00000259. The number of aromatic nitrogens is 2. The Morgan fingerprint density at radius 3 is 2.58 bits per heavy atom. The summed E-state index contributed by atoms with van der Waals surface area (Å²) in [5, 5.41) is 6.50. The number of hydrogen-bond acceptors (Lipinski definition) is 4. The standard InChI is InChI=1S/C24H30N6O2.HI/c1-2-25-24(26-11-5-8-19-28-17-6-3-4-7-18(17)29-19)27-12-13-30-22(31)20-15-9-10-16(14-15)21(20)23(30)32;/h3-4,6-7,9-10,15-16,20-21H,2,5,8,11-14H2,1H3,(H,28,29)(H2,25,26,27);1H. The Labute approximate surface area is 210 Å². The second kappa shape index (κ2) is 10.2. The molecule has 1 aromatic carbocycles. The second-order valence-corrected chi connectivity index (χ2v) is 8.82. The molecule has 1 aromatic heterocycles. The maximum atomic E-state index is 12.8. The maximum absolute atomic E-state index is 12.8. The van der Waals surface area contributed by atoms with Gasteiger partial charge in [0.05, 0.1) is 22.9 Å². The van der Waals surface area contributed by atoms with Crippen LogP contribution in [0.5, 0.6) is 0 Å². The highest BCUT2D eigenvalue weighted by molar-refractivity contribution is 14.0. The molecule has 2 fully saturated rings. The number of carbonyl (C=O) groups is 2. The first-order valence-corrected chi connectivity index (χ1v) is 11.6. The van der Waals surface area contributed by atoms with Crippen LogP contribution in [0.1, 0.15) is 25.6 Å². The van der Waals surface area contributed by atoms with Crippen molar-refractivity contribution in [2.24, 2.45) is 28.7 Å². The molecule has 2 aliphatic carbocycles. The molecule has 2 bridgehead atoms. The number of aromatic amines is 1. The van der Waals surface area contributed by atoms with Crippen LogP contribution in [0, 0.1) is 23.7 Å². The number of aryl methyl sites for hydroxylation is 1. The van der Waals surface area contributed by atoms with Gasteiger partial charge in [0.1, 0.15) is 5.82 Å². The third kappa shape index (κ3) is 4.64. The number of hydrogen-bond donors (Lipinski definition) is 3. The quantitative estimate of drug-likeness (QED) is 0.115. The van der Waals surface area contributed by atoms with Crippen molar-refractivity contribution in [3.8, 4) is 0 Å². The van der Waals surface area contributed by atoms with Crippen LogP contribution in [0.2, 0.25) is 0 Å². The number of nitrogens with one attached hydrogen (secondary N) is 3. The number of carbonyl (C=O) groups excluding carboxylic acids is 2. The van der Waals surface area contributed by atoms with E-state index >= 15 is 0 Å². The van der Waals surface area contributed by atoms with E-state index in [1.165, 1.54) is 4.90 Å². The van der Waals surface area contributed by atoms with E-state index < -0.39 is 0 Å². The van der Waals surface area contributed by atoms with Gasteiger partial charge in [0, 0.05) is 32.6 Å². The van der Waals surface area contributed by atoms with Crippen molar-refractivity contribution in [2.45, 2.75) is 26.2 Å². The molecule has 2 heterocycles. The zero-order valence-electron chi connectivity index (χ0n) is 18.8. The predicted molar refractivity (Wildman–Crippen MR) is 138 cm³/mol. The summed E-state index contributed by atoms with van der Waals surface area (Å²) < 4.78 is 0. The molecule has 4 unspecified atom stereocenters. The number of allylic oxidation sites excluding steroid dienone is 2. The van der Waals surface area contributed by atoms with Crippen molar-refractivity contribution in [1.82, 2.24) is 25.5 Å². The number of guanidine groups is 1. The highest BCUT2D eigenvalue weighted by Crippen LogP contribution is 2.52. The molecule has 4 atom stereocenters. The largest absolute Gasteiger partial charge is 0.357 e. The fourth-order valence-corrected chi connectivity index (χ4v) is 5.37. The topological polar surface area (TPSA) is 102 Å². The summed E-state index contributed by atoms with van der Waals surface area (Å²) in [7, 11) is 0. The summed E-state index contributed by atoms with van der Waals surface area (Å²) in [6.45, 7) is 4.30. The van der Waals surface area contributed by atoms with Gasteiger partial charge in [-0.25, -0.2) is 4.98 Å². The van der Waals surface area contributed by atoms with Gasteiger partial charge in [-0.2, -0.15) is 0 Å². The van der Waals surface area contributed by atoms with Crippen molar-refractivity contribution in [2.75, 3.05) is 26.2 Å². The van der Waals surface area contributed by atoms with Crippen LogP contribution < -0.4 is 10.6 Å². The number of imide groups is 1. The minimum atomic E-state index is -0.127. The molecule has 2 amide bonds. The van der Waals surface area contributed by atoms with Crippen molar-refractivity contribution >= 4 is 52.8 Å². The van der Waals surface area contributed by atoms with E-state index in [4.69, 9.17) is 0 Å². The normalized spacial score (nSPS) is 25.6. The minimum absolute atomic E-state index is 0. The number of fused-ring (bicyclic) bond motifs is 6. The molecule has 2 aromatic rings. The lowest BCUT2D eigenvalue weighted by molar-refractivity contribution is -0.140. The number of benzene rings is 1. The third-order valence-corrected chi connectivity index (χ3v) is 6.81. The van der Waals surface area contributed by atoms with Crippen molar-refractivity contribution in [3.63, 3.8) is 0 Å². The molecule has 8 nitrogen and oxygen atoms in total. The molecule has 5 rings (SSSR count). The molecule has 3 aliphatic rings. The Kier molecular flexibility index (Phi) is 7.35. The lowest BCUT2D eigenvalue weighted by atomic mass is 9.85. The summed E-state index contributed by atoms with van der Waals surface area (Å²) >= 11 is 0. The number of para-hydroxylation sites is 2. The lowest BCUT2D eigenvalue weighted by Crippen LogP contribution is -2.43. The van der Waals surface area contributed by atoms with Crippen molar-refractivity contribution in [1.29, 1.82) is 0 Å². The fraction of sp³-hybridized carbons (Fsp3) is 0.500. The Bertz CT molecular complexity index is 1020. The molecule has 1 aliphatic heterocycles. The van der Waals surface area contributed by atoms with Crippen LogP contribution in [0.15, 0.2) is 41.4 Å². The molecule has 3 N–H and O–H groups in total. The molecule has 0 spiro atoms. The highest BCUT2D eigenvalue weighted by atomic mass is 127. The molecule has 1 saturated carbocycles. The molecular weight excluding hydrogens is 531 g/mol. The van der Waals surface area contributed by atoms with E-state index in [0.29, 0.717) is 25.6 Å².